The van der Waals surface area contributed by atoms with E-state index in [0.717, 1.165) is 37.4 Å². The molecule has 19 heavy (non-hydrogen) atoms. The number of nitrogens with zero attached hydrogens (tertiary/aromatic N) is 1. The van der Waals surface area contributed by atoms with Crippen molar-refractivity contribution in [1.29, 1.82) is 0 Å². The first-order valence-electron chi connectivity index (χ1n) is 6.69. The number of hydrogen-bond donors (Lipinski definition) is 1. The molecule has 0 spiro atoms. The van der Waals surface area contributed by atoms with Gasteiger partial charge < -0.3 is 10.1 Å². The van der Waals surface area contributed by atoms with Crippen LogP contribution in [0.25, 0.3) is 0 Å². The fourth-order valence-electron chi connectivity index (χ4n) is 1.72. The van der Waals surface area contributed by atoms with Gasteiger partial charge in [0.2, 0.25) is 0 Å². The van der Waals surface area contributed by atoms with Crippen molar-refractivity contribution in [3.8, 4) is 5.75 Å². The van der Waals surface area contributed by atoms with Crippen molar-refractivity contribution in [3.05, 3.63) is 46.4 Å². The molecule has 3 nitrogen and oxygen atoms in total. The topological polar surface area (TPSA) is 34.1 Å². The fraction of sp³-hybridized carbons (Fsp3) is 0.400. The lowest BCUT2D eigenvalue weighted by Gasteiger charge is -2.06. The molecule has 2 aromatic rings. The summed E-state index contributed by atoms with van der Waals surface area (Å²) in [5.74, 6) is 0.843. The van der Waals surface area contributed by atoms with E-state index in [1.165, 1.54) is 4.88 Å². The minimum absolute atomic E-state index is 0.704. The second-order valence-electron chi connectivity index (χ2n) is 4.34. The molecule has 0 aromatic carbocycles. The summed E-state index contributed by atoms with van der Waals surface area (Å²) in [5.41, 5.74) is 1.05. The van der Waals surface area contributed by atoms with E-state index in [0.29, 0.717) is 6.61 Å². The van der Waals surface area contributed by atoms with Gasteiger partial charge in [-0.15, -0.1) is 11.3 Å². The molecular weight excluding hydrogens is 256 g/mol. The zero-order chi connectivity index (χ0) is 13.3. The lowest BCUT2D eigenvalue weighted by Crippen LogP contribution is -2.14. The minimum Gasteiger partial charge on any atom is -0.492 e. The van der Waals surface area contributed by atoms with Gasteiger partial charge in [0.1, 0.15) is 5.75 Å². The highest BCUT2D eigenvalue weighted by Gasteiger charge is 1.98. The molecule has 1 N–H and O–H groups in total. The van der Waals surface area contributed by atoms with Crippen LogP contribution in [0.2, 0.25) is 0 Å². The van der Waals surface area contributed by atoms with Crippen LogP contribution in [0.3, 0.4) is 0 Å². The number of pyridine rings is 1. The van der Waals surface area contributed by atoms with E-state index >= 15 is 0 Å². The van der Waals surface area contributed by atoms with Gasteiger partial charge in [-0.3, -0.25) is 4.98 Å². The highest BCUT2D eigenvalue weighted by atomic mass is 32.1. The monoisotopic (exact) mass is 276 g/mol. The zero-order valence-corrected chi connectivity index (χ0v) is 12.1. The average Bonchev–Trinajstić information content (AvgIpc) is 2.94. The van der Waals surface area contributed by atoms with Gasteiger partial charge in [-0.1, -0.05) is 13.0 Å². The molecular formula is C15H20N2OS. The molecule has 0 fully saturated rings. The molecule has 0 aliphatic heterocycles. The first-order valence-corrected chi connectivity index (χ1v) is 7.57. The Hall–Kier alpha value is -1.39. The summed E-state index contributed by atoms with van der Waals surface area (Å²) in [6, 6.07) is 8.21. The van der Waals surface area contributed by atoms with Crippen molar-refractivity contribution in [2.45, 2.75) is 26.3 Å². The van der Waals surface area contributed by atoms with Gasteiger partial charge in [-0.25, -0.2) is 0 Å². The Morgan fingerprint density at radius 3 is 2.95 bits per heavy atom. The van der Waals surface area contributed by atoms with Crippen LogP contribution in [0.1, 0.15) is 23.9 Å². The van der Waals surface area contributed by atoms with E-state index in [1.54, 1.807) is 17.5 Å². The summed E-state index contributed by atoms with van der Waals surface area (Å²) in [6.45, 7) is 4.71. The second kappa shape index (κ2) is 7.92. The smallest absolute Gasteiger partial charge is 0.137 e. The van der Waals surface area contributed by atoms with Gasteiger partial charge in [0.05, 0.1) is 18.5 Å². The van der Waals surface area contributed by atoms with Gasteiger partial charge in [0, 0.05) is 17.8 Å². The van der Waals surface area contributed by atoms with E-state index in [4.69, 9.17) is 4.74 Å². The molecule has 2 rings (SSSR count). The second-order valence-corrected chi connectivity index (χ2v) is 5.37. The predicted molar refractivity (Wildman–Crippen MR) is 79.8 cm³/mol. The van der Waals surface area contributed by atoms with Crippen molar-refractivity contribution >= 4 is 11.3 Å². The normalized spacial score (nSPS) is 10.6. The summed E-state index contributed by atoms with van der Waals surface area (Å²) in [4.78, 5) is 5.74. The molecule has 2 aromatic heterocycles. The molecule has 2 heterocycles. The van der Waals surface area contributed by atoms with Crippen molar-refractivity contribution in [2.24, 2.45) is 0 Å². The van der Waals surface area contributed by atoms with E-state index in [-0.39, 0.29) is 0 Å². The molecule has 0 radical (unpaired) electrons. The molecule has 0 unspecified atom stereocenters. The van der Waals surface area contributed by atoms with E-state index in [2.05, 4.69) is 34.7 Å². The van der Waals surface area contributed by atoms with Crippen LogP contribution >= 0.6 is 11.3 Å². The van der Waals surface area contributed by atoms with Crippen LogP contribution in [0.15, 0.2) is 35.8 Å². The lowest BCUT2D eigenvalue weighted by atomic mass is 10.3. The van der Waals surface area contributed by atoms with Crippen molar-refractivity contribution in [2.75, 3.05) is 13.2 Å². The van der Waals surface area contributed by atoms with Crippen LogP contribution in [-0.2, 0) is 13.0 Å². The standard InChI is InChI=1S/C15H20N2OS/c1-2-8-16-11-13-5-6-14(12-17-13)18-9-7-15-4-3-10-19-15/h3-6,10,12,16H,2,7-9,11H2,1H3. The van der Waals surface area contributed by atoms with Crippen LogP contribution in [0.4, 0.5) is 0 Å². The van der Waals surface area contributed by atoms with E-state index < -0.39 is 0 Å². The molecule has 4 heteroatoms. The predicted octanol–water partition coefficient (Wildman–Crippen LogP) is 3.26. The van der Waals surface area contributed by atoms with Crippen LogP contribution in [-0.4, -0.2) is 18.1 Å². The Kier molecular flexibility index (Phi) is 5.85. The molecule has 0 amide bonds. The third kappa shape index (κ3) is 5.01. The molecule has 0 aliphatic carbocycles. The van der Waals surface area contributed by atoms with Crippen LogP contribution in [0, 0.1) is 0 Å². The number of hydrogen-bond acceptors (Lipinski definition) is 4. The molecule has 0 aliphatic rings. The molecule has 0 bridgehead atoms. The SMILES string of the molecule is CCCNCc1ccc(OCCc2cccs2)cn1. The summed E-state index contributed by atoms with van der Waals surface area (Å²) in [6.07, 6.45) is 3.90. The average molecular weight is 276 g/mol. The number of aromatic nitrogens is 1. The first kappa shape index (κ1) is 14.0. The molecule has 0 atom stereocenters. The third-order valence-corrected chi connectivity index (χ3v) is 3.66. The fourth-order valence-corrected chi connectivity index (χ4v) is 2.41. The number of rotatable bonds is 8. The lowest BCUT2D eigenvalue weighted by molar-refractivity contribution is 0.321. The van der Waals surface area contributed by atoms with Crippen LogP contribution in [0.5, 0.6) is 5.75 Å². The zero-order valence-electron chi connectivity index (χ0n) is 11.3. The van der Waals surface area contributed by atoms with E-state index in [1.807, 2.05) is 12.1 Å². The third-order valence-electron chi connectivity index (χ3n) is 2.73. The number of nitrogens with one attached hydrogen (secondary N) is 1. The summed E-state index contributed by atoms with van der Waals surface area (Å²) >= 11 is 1.77. The van der Waals surface area contributed by atoms with Crippen molar-refractivity contribution in [1.82, 2.24) is 10.3 Å². The first-order chi connectivity index (χ1) is 9.38. The van der Waals surface area contributed by atoms with Crippen LogP contribution < -0.4 is 10.1 Å². The van der Waals surface area contributed by atoms with Crippen molar-refractivity contribution in [3.63, 3.8) is 0 Å². The van der Waals surface area contributed by atoms with E-state index in [9.17, 15) is 0 Å². The van der Waals surface area contributed by atoms with Gasteiger partial charge in [-0.2, -0.15) is 0 Å². The van der Waals surface area contributed by atoms with Gasteiger partial charge in [0.15, 0.2) is 0 Å². The maximum atomic E-state index is 5.68. The molecule has 0 saturated carbocycles. The minimum atomic E-state index is 0.704. The number of thiophene rings is 1. The maximum absolute atomic E-state index is 5.68. The Morgan fingerprint density at radius 2 is 2.26 bits per heavy atom. The van der Waals surface area contributed by atoms with Crippen molar-refractivity contribution < 1.29 is 4.74 Å². The Balaban J connectivity index is 1.72. The number of ether oxygens (including phenoxy) is 1. The maximum Gasteiger partial charge on any atom is 0.137 e. The summed E-state index contributed by atoms with van der Waals surface area (Å²) in [5, 5.41) is 5.42. The molecule has 102 valence electrons. The molecule has 0 saturated heterocycles. The Bertz CT molecular complexity index is 454. The summed E-state index contributed by atoms with van der Waals surface area (Å²) < 4.78 is 5.68. The summed E-state index contributed by atoms with van der Waals surface area (Å²) in [7, 11) is 0. The highest BCUT2D eigenvalue weighted by molar-refractivity contribution is 7.09. The Labute approximate surface area is 118 Å². The quantitative estimate of drug-likeness (QED) is 0.751. The largest absolute Gasteiger partial charge is 0.492 e. The highest BCUT2D eigenvalue weighted by Crippen LogP contribution is 2.12. The van der Waals surface area contributed by atoms with Gasteiger partial charge in [0.25, 0.3) is 0 Å². The van der Waals surface area contributed by atoms with Gasteiger partial charge >= 0.3 is 0 Å². The Morgan fingerprint density at radius 1 is 1.32 bits per heavy atom. The van der Waals surface area contributed by atoms with Gasteiger partial charge in [-0.05, 0) is 36.5 Å².